The van der Waals surface area contributed by atoms with E-state index in [1.54, 1.807) is 0 Å². The fourth-order valence-corrected chi connectivity index (χ4v) is 3.54. The van der Waals surface area contributed by atoms with Crippen molar-refractivity contribution in [2.24, 2.45) is 0 Å². The maximum absolute atomic E-state index is 10.9. The lowest BCUT2D eigenvalue weighted by Gasteiger charge is -2.15. The second-order valence-corrected chi connectivity index (χ2v) is 6.77. The van der Waals surface area contributed by atoms with Gasteiger partial charge in [0.25, 0.3) is 0 Å². The van der Waals surface area contributed by atoms with Crippen molar-refractivity contribution in [2.45, 2.75) is 39.8 Å². The maximum Gasteiger partial charge on any atom is 0.307 e. The highest BCUT2D eigenvalue weighted by Crippen LogP contribution is 2.26. The van der Waals surface area contributed by atoms with Crippen molar-refractivity contribution in [2.75, 3.05) is 0 Å². The zero-order valence-electron chi connectivity index (χ0n) is 12.6. The minimum atomic E-state index is -0.792. The Morgan fingerprint density at radius 3 is 2.52 bits per heavy atom. The van der Waals surface area contributed by atoms with Gasteiger partial charge in [-0.2, -0.15) is 0 Å². The molecule has 1 aromatic heterocycles. The number of carboxylic acid groups (broad SMARTS) is 1. The summed E-state index contributed by atoms with van der Waals surface area (Å²) in [5.74, 6) is -0.792. The van der Waals surface area contributed by atoms with E-state index in [1.165, 1.54) is 15.3 Å². The number of benzene rings is 1. The quantitative estimate of drug-likeness (QED) is 0.852. The fourth-order valence-electron chi connectivity index (χ4n) is 2.52. The van der Waals surface area contributed by atoms with Crippen LogP contribution in [0.25, 0.3) is 0 Å². The first-order valence-corrected chi connectivity index (χ1v) is 7.88. The SMILES string of the molecule is Cc1cc(C(C)NCc2ccccc2CC(=O)O)c(C)s1. The Bertz CT molecular complexity index is 633. The van der Waals surface area contributed by atoms with Crippen molar-refractivity contribution < 1.29 is 9.90 Å². The standard InChI is InChI=1S/C17H21NO2S/c1-11-8-16(13(3)21-11)12(2)18-10-15-7-5-4-6-14(15)9-17(19)20/h4-8,12,18H,9-10H2,1-3H3,(H,19,20). The summed E-state index contributed by atoms with van der Waals surface area (Å²) < 4.78 is 0. The van der Waals surface area contributed by atoms with Crippen LogP contribution in [-0.2, 0) is 17.8 Å². The van der Waals surface area contributed by atoms with Gasteiger partial charge in [-0.3, -0.25) is 4.79 Å². The first kappa shape index (κ1) is 15.7. The number of carbonyl (C=O) groups is 1. The second-order valence-electron chi connectivity index (χ2n) is 5.31. The van der Waals surface area contributed by atoms with Gasteiger partial charge in [-0.05, 0) is 43.5 Å². The van der Waals surface area contributed by atoms with E-state index >= 15 is 0 Å². The molecule has 0 aliphatic carbocycles. The number of thiophene rings is 1. The van der Waals surface area contributed by atoms with Gasteiger partial charge in [0.1, 0.15) is 0 Å². The largest absolute Gasteiger partial charge is 0.481 e. The Balaban J connectivity index is 2.06. The molecule has 1 aromatic carbocycles. The highest BCUT2D eigenvalue weighted by Gasteiger charge is 2.12. The molecule has 1 atom stereocenters. The zero-order chi connectivity index (χ0) is 15.4. The normalized spacial score (nSPS) is 12.3. The van der Waals surface area contributed by atoms with Crippen LogP contribution in [0.15, 0.2) is 30.3 Å². The van der Waals surface area contributed by atoms with Crippen molar-refractivity contribution in [3.8, 4) is 0 Å². The number of carboxylic acids is 1. The van der Waals surface area contributed by atoms with Crippen LogP contribution < -0.4 is 5.32 Å². The molecule has 0 fully saturated rings. The molecule has 0 amide bonds. The number of nitrogens with one attached hydrogen (secondary N) is 1. The fraction of sp³-hybridized carbons (Fsp3) is 0.353. The van der Waals surface area contributed by atoms with E-state index < -0.39 is 5.97 Å². The molecule has 1 unspecified atom stereocenters. The van der Waals surface area contributed by atoms with E-state index in [0.717, 1.165) is 11.1 Å². The Hall–Kier alpha value is -1.65. The van der Waals surface area contributed by atoms with E-state index in [4.69, 9.17) is 5.11 Å². The summed E-state index contributed by atoms with van der Waals surface area (Å²) in [6.45, 7) is 7.09. The van der Waals surface area contributed by atoms with Crippen LogP contribution in [0.5, 0.6) is 0 Å². The van der Waals surface area contributed by atoms with E-state index in [-0.39, 0.29) is 12.5 Å². The minimum Gasteiger partial charge on any atom is -0.481 e. The van der Waals surface area contributed by atoms with Crippen molar-refractivity contribution >= 4 is 17.3 Å². The molecule has 21 heavy (non-hydrogen) atoms. The minimum absolute atomic E-state index is 0.0722. The number of aliphatic carboxylic acids is 1. The van der Waals surface area contributed by atoms with E-state index in [9.17, 15) is 4.79 Å². The smallest absolute Gasteiger partial charge is 0.307 e. The third-order valence-electron chi connectivity index (χ3n) is 3.60. The maximum atomic E-state index is 10.9. The predicted octanol–water partition coefficient (Wildman–Crippen LogP) is 3.84. The lowest BCUT2D eigenvalue weighted by Crippen LogP contribution is -2.19. The number of hydrogen-bond donors (Lipinski definition) is 2. The molecule has 0 spiro atoms. The molecule has 0 bridgehead atoms. The average Bonchev–Trinajstić information content (AvgIpc) is 2.76. The molecular weight excluding hydrogens is 282 g/mol. The number of rotatable bonds is 6. The van der Waals surface area contributed by atoms with Crippen LogP contribution in [0.2, 0.25) is 0 Å². The summed E-state index contributed by atoms with van der Waals surface area (Å²) in [4.78, 5) is 13.6. The highest BCUT2D eigenvalue weighted by molar-refractivity contribution is 7.12. The average molecular weight is 303 g/mol. The van der Waals surface area contributed by atoms with Crippen LogP contribution in [0.1, 0.15) is 39.4 Å². The lowest BCUT2D eigenvalue weighted by atomic mass is 10.0. The van der Waals surface area contributed by atoms with Gasteiger partial charge in [0.2, 0.25) is 0 Å². The summed E-state index contributed by atoms with van der Waals surface area (Å²) in [5, 5.41) is 12.5. The number of aryl methyl sites for hydroxylation is 2. The van der Waals surface area contributed by atoms with Gasteiger partial charge in [0.15, 0.2) is 0 Å². The van der Waals surface area contributed by atoms with Gasteiger partial charge in [0.05, 0.1) is 6.42 Å². The Morgan fingerprint density at radius 2 is 1.95 bits per heavy atom. The van der Waals surface area contributed by atoms with Crippen LogP contribution in [0, 0.1) is 13.8 Å². The summed E-state index contributed by atoms with van der Waals surface area (Å²) in [6, 6.07) is 10.2. The summed E-state index contributed by atoms with van der Waals surface area (Å²) >= 11 is 1.81. The van der Waals surface area contributed by atoms with E-state index in [1.807, 2.05) is 35.6 Å². The van der Waals surface area contributed by atoms with Gasteiger partial charge in [-0.25, -0.2) is 0 Å². The lowest BCUT2D eigenvalue weighted by molar-refractivity contribution is -0.136. The first-order chi connectivity index (χ1) is 9.97. The van der Waals surface area contributed by atoms with E-state index in [2.05, 4.69) is 32.2 Å². The molecule has 112 valence electrons. The molecule has 0 aliphatic rings. The molecule has 0 saturated carbocycles. The van der Waals surface area contributed by atoms with Crippen LogP contribution in [-0.4, -0.2) is 11.1 Å². The van der Waals surface area contributed by atoms with E-state index in [0.29, 0.717) is 6.54 Å². The summed E-state index contributed by atoms with van der Waals surface area (Å²) in [6.07, 6.45) is 0.0722. The third kappa shape index (κ3) is 4.16. The predicted molar refractivity (Wildman–Crippen MR) is 86.8 cm³/mol. The molecule has 0 saturated heterocycles. The number of hydrogen-bond acceptors (Lipinski definition) is 3. The second kappa shape index (κ2) is 6.87. The Morgan fingerprint density at radius 1 is 1.29 bits per heavy atom. The van der Waals surface area contributed by atoms with Crippen LogP contribution in [0.4, 0.5) is 0 Å². The highest BCUT2D eigenvalue weighted by atomic mass is 32.1. The topological polar surface area (TPSA) is 49.3 Å². The van der Waals surface area contributed by atoms with Crippen molar-refractivity contribution in [1.82, 2.24) is 5.32 Å². The van der Waals surface area contributed by atoms with Crippen molar-refractivity contribution in [3.05, 3.63) is 56.8 Å². The third-order valence-corrected chi connectivity index (χ3v) is 4.59. The molecule has 4 heteroatoms. The van der Waals surface area contributed by atoms with Crippen molar-refractivity contribution in [3.63, 3.8) is 0 Å². The first-order valence-electron chi connectivity index (χ1n) is 7.06. The van der Waals surface area contributed by atoms with Gasteiger partial charge in [-0.15, -0.1) is 11.3 Å². The van der Waals surface area contributed by atoms with Gasteiger partial charge < -0.3 is 10.4 Å². The molecule has 2 aromatic rings. The molecule has 2 N–H and O–H groups in total. The summed E-state index contributed by atoms with van der Waals surface area (Å²) in [7, 11) is 0. The monoisotopic (exact) mass is 303 g/mol. The van der Waals surface area contributed by atoms with Crippen LogP contribution in [0.3, 0.4) is 0 Å². The van der Waals surface area contributed by atoms with Gasteiger partial charge >= 0.3 is 5.97 Å². The molecule has 0 radical (unpaired) electrons. The zero-order valence-corrected chi connectivity index (χ0v) is 13.5. The molecule has 3 nitrogen and oxygen atoms in total. The molecular formula is C17H21NO2S. The van der Waals surface area contributed by atoms with Crippen LogP contribution >= 0.6 is 11.3 Å². The Labute approximate surface area is 129 Å². The Kier molecular flexibility index (Phi) is 5.15. The summed E-state index contributed by atoms with van der Waals surface area (Å²) in [5.41, 5.74) is 3.26. The molecule has 0 aliphatic heterocycles. The molecule has 1 heterocycles. The molecule has 2 rings (SSSR count). The van der Waals surface area contributed by atoms with Gasteiger partial charge in [0, 0.05) is 22.3 Å². The van der Waals surface area contributed by atoms with Gasteiger partial charge in [-0.1, -0.05) is 24.3 Å². The van der Waals surface area contributed by atoms with Crippen molar-refractivity contribution in [1.29, 1.82) is 0 Å².